The van der Waals surface area contributed by atoms with E-state index in [0.717, 1.165) is 6.54 Å². The lowest BCUT2D eigenvalue weighted by Crippen LogP contribution is -2.45. The van der Waals surface area contributed by atoms with Gasteiger partial charge < -0.3 is 20.1 Å². The summed E-state index contributed by atoms with van der Waals surface area (Å²) in [7, 11) is 0. The van der Waals surface area contributed by atoms with Gasteiger partial charge in [0, 0.05) is 25.7 Å². The molecule has 0 heterocycles. The lowest BCUT2D eigenvalue weighted by molar-refractivity contribution is 0.0162. The van der Waals surface area contributed by atoms with E-state index in [1.54, 1.807) is 11.8 Å². The van der Waals surface area contributed by atoms with Crippen molar-refractivity contribution in [1.82, 2.24) is 10.2 Å². The van der Waals surface area contributed by atoms with Crippen molar-refractivity contribution in [3.8, 4) is 0 Å². The maximum Gasteiger partial charge on any atom is 0.410 e. The summed E-state index contributed by atoms with van der Waals surface area (Å²) in [6.07, 6.45) is 3.96. The predicted molar refractivity (Wildman–Crippen MR) is 93.5 cm³/mol. The van der Waals surface area contributed by atoms with Crippen molar-refractivity contribution in [3.63, 3.8) is 0 Å². The van der Waals surface area contributed by atoms with Gasteiger partial charge in [0.1, 0.15) is 5.60 Å². The minimum absolute atomic E-state index is 0.300. The first-order valence-corrected chi connectivity index (χ1v) is 8.88. The molecule has 0 bridgehead atoms. The Balaban J connectivity index is 2.41. The van der Waals surface area contributed by atoms with Gasteiger partial charge in [-0.15, -0.1) is 0 Å². The molecule has 1 saturated carbocycles. The van der Waals surface area contributed by atoms with E-state index in [9.17, 15) is 9.90 Å². The summed E-state index contributed by atoms with van der Waals surface area (Å²) in [5, 5.41) is 13.2. The summed E-state index contributed by atoms with van der Waals surface area (Å²) in [6, 6.07) is 0.537. The minimum Gasteiger partial charge on any atom is -0.444 e. The Hall–Kier alpha value is -0.810. The maximum absolute atomic E-state index is 12.2. The number of hydrogen-bond donors (Lipinski definition) is 2. The highest BCUT2D eigenvalue weighted by atomic mass is 16.6. The van der Waals surface area contributed by atoms with Crippen molar-refractivity contribution < 1.29 is 14.6 Å². The molecule has 23 heavy (non-hydrogen) atoms. The molecular formula is C18H36N2O3. The van der Waals surface area contributed by atoms with Crippen LogP contribution in [0.2, 0.25) is 0 Å². The first-order valence-electron chi connectivity index (χ1n) is 8.88. The summed E-state index contributed by atoms with van der Waals surface area (Å²) in [6.45, 7) is 13.5. The summed E-state index contributed by atoms with van der Waals surface area (Å²) in [4.78, 5) is 13.8. The molecule has 1 fully saturated rings. The van der Waals surface area contributed by atoms with Crippen LogP contribution >= 0.6 is 0 Å². The first-order chi connectivity index (χ1) is 10.5. The third kappa shape index (κ3) is 8.56. The monoisotopic (exact) mass is 328 g/mol. The molecule has 1 aliphatic carbocycles. The van der Waals surface area contributed by atoms with Gasteiger partial charge in [0.15, 0.2) is 0 Å². The summed E-state index contributed by atoms with van der Waals surface area (Å²) in [5.41, 5.74) is -0.0521. The quantitative estimate of drug-likeness (QED) is 0.786. The summed E-state index contributed by atoms with van der Waals surface area (Å²) < 4.78 is 5.42. The Bertz CT molecular complexity index is 365. The molecule has 5 heteroatoms. The predicted octanol–water partition coefficient (Wildman–Crippen LogP) is 3.16. The number of carbonyl (C=O) groups is 1. The molecule has 0 aliphatic heterocycles. The molecule has 1 rings (SSSR count). The maximum atomic E-state index is 12.2. The highest BCUT2D eigenvalue weighted by molar-refractivity contribution is 5.68. The van der Waals surface area contributed by atoms with Gasteiger partial charge in [-0.1, -0.05) is 13.8 Å². The van der Waals surface area contributed by atoms with E-state index in [2.05, 4.69) is 19.2 Å². The Kier molecular flexibility index (Phi) is 7.33. The van der Waals surface area contributed by atoms with E-state index >= 15 is 0 Å². The van der Waals surface area contributed by atoms with Crippen molar-refractivity contribution in [2.24, 2.45) is 5.41 Å². The lowest BCUT2D eigenvalue weighted by atomic mass is 9.75. The molecule has 0 aromatic heterocycles. The Morgan fingerprint density at radius 2 is 1.91 bits per heavy atom. The average molecular weight is 328 g/mol. The zero-order chi connectivity index (χ0) is 17.7. The molecule has 1 unspecified atom stereocenters. The second-order valence-electron chi connectivity index (χ2n) is 8.67. The number of rotatable bonds is 6. The molecule has 0 spiro atoms. The Morgan fingerprint density at radius 1 is 1.35 bits per heavy atom. The molecule has 0 aromatic carbocycles. The molecule has 136 valence electrons. The SMILES string of the molecule is CC(O)CN(CCNC1CCC(C)(C)CC1)C(=O)OC(C)(C)C. The van der Waals surface area contributed by atoms with Crippen molar-refractivity contribution in [2.45, 2.75) is 85.0 Å². The molecule has 2 N–H and O–H groups in total. The lowest BCUT2D eigenvalue weighted by Gasteiger charge is -2.35. The van der Waals surface area contributed by atoms with Crippen LogP contribution in [0, 0.1) is 5.41 Å². The third-order valence-corrected chi connectivity index (χ3v) is 4.29. The van der Waals surface area contributed by atoms with E-state index < -0.39 is 11.7 Å². The van der Waals surface area contributed by atoms with Gasteiger partial charge in [-0.3, -0.25) is 0 Å². The second-order valence-corrected chi connectivity index (χ2v) is 8.67. The standard InChI is InChI=1S/C18H36N2O3/c1-14(21)13-20(16(22)23-17(2,3)4)12-11-19-15-7-9-18(5,6)10-8-15/h14-15,19,21H,7-13H2,1-6H3. The number of nitrogens with one attached hydrogen (secondary N) is 1. The summed E-state index contributed by atoms with van der Waals surface area (Å²) >= 11 is 0. The van der Waals surface area contributed by atoms with Crippen LogP contribution < -0.4 is 5.32 Å². The number of carbonyl (C=O) groups excluding carboxylic acids is 1. The van der Waals surface area contributed by atoms with E-state index in [1.807, 2.05) is 20.8 Å². The third-order valence-electron chi connectivity index (χ3n) is 4.29. The van der Waals surface area contributed by atoms with Gasteiger partial charge in [0.25, 0.3) is 0 Å². The zero-order valence-corrected chi connectivity index (χ0v) is 15.8. The normalized spacial score (nSPS) is 20.1. The topological polar surface area (TPSA) is 61.8 Å². The van der Waals surface area contributed by atoms with E-state index in [-0.39, 0.29) is 6.09 Å². The largest absolute Gasteiger partial charge is 0.444 e. The van der Waals surface area contributed by atoms with E-state index in [1.165, 1.54) is 25.7 Å². The van der Waals surface area contributed by atoms with Gasteiger partial charge in [-0.2, -0.15) is 0 Å². The molecular weight excluding hydrogens is 292 g/mol. The second kappa shape index (κ2) is 8.34. The number of amides is 1. The minimum atomic E-state index is -0.557. The smallest absolute Gasteiger partial charge is 0.410 e. The van der Waals surface area contributed by atoms with E-state index in [0.29, 0.717) is 24.5 Å². The highest BCUT2D eigenvalue weighted by Gasteiger charge is 2.27. The van der Waals surface area contributed by atoms with Gasteiger partial charge >= 0.3 is 6.09 Å². The van der Waals surface area contributed by atoms with E-state index in [4.69, 9.17) is 4.74 Å². The van der Waals surface area contributed by atoms with Gasteiger partial charge in [0.2, 0.25) is 0 Å². The molecule has 1 atom stereocenters. The number of aliphatic hydroxyl groups is 1. The van der Waals surface area contributed by atoms with Crippen LogP contribution in [-0.4, -0.2) is 53.5 Å². The van der Waals surface area contributed by atoms with Crippen molar-refractivity contribution >= 4 is 6.09 Å². The van der Waals surface area contributed by atoms with Crippen molar-refractivity contribution in [2.75, 3.05) is 19.6 Å². The van der Waals surface area contributed by atoms with Gasteiger partial charge in [-0.25, -0.2) is 4.79 Å². The fraction of sp³-hybridized carbons (Fsp3) is 0.944. The van der Waals surface area contributed by atoms with Crippen LogP contribution in [-0.2, 0) is 4.74 Å². The number of hydrogen-bond acceptors (Lipinski definition) is 4. The van der Waals surface area contributed by atoms with Crippen LogP contribution in [0.4, 0.5) is 4.79 Å². The van der Waals surface area contributed by atoms with Crippen LogP contribution in [0.3, 0.4) is 0 Å². The fourth-order valence-electron chi connectivity index (χ4n) is 2.91. The number of aliphatic hydroxyl groups excluding tert-OH is 1. The van der Waals surface area contributed by atoms with Crippen LogP contribution in [0.25, 0.3) is 0 Å². The fourth-order valence-corrected chi connectivity index (χ4v) is 2.91. The zero-order valence-electron chi connectivity index (χ0n) is 15.8. The van der Waals surface area contributed by atoms with Crippen LogP contribution in [0.1, 0.15) is 67.2 Å². The molecule has 0 saturated heterocycles. The molecule has 0 aromatic rings. The number of nitrogens with zero attached hydrogens (tertiary/aromatic N) is 1. The molecule has 0 radical (unpaired) electrons. The van der Waals surface area contributed by atoms with Gasteiger partial charge in [-0.05, 0) is 58.8 Å². The van der Waals surface area contributed by atoms with Crippen molar-refractivity contribution in [1.29, 1.82) is 0 Å². The van der Waals surface area contributed by atoms with Crippen molar-refractivity contribution in [3.05, 3.63) is 0 Å². The van der Waals surface area contributed by atoms with Gasteiger partial charge in [0.05, 0.1) is 6.10 Å². The average Bonchev–Trinajstić information content (AvgIpc) is 2.37. The molecule has 1 aliphatic rings. The molecule has 5 nitrogen and oxygen atoms in total. The molecule has 1 amide bonds. The Morgan fingerprint density at radius 3 is 2.39 bits per heavy atom. The summed E-state index contributed by atoms with van der Waals surface area (Å²) in [5.74, 6) is 0. The first kappa shape index (κ1) is 20.2. The van der Waals surface area contributed by atoms with Crippen LogP contribution in [0.5, 0.6) is 0 Å². The number of ether oxygens (including phenoxy) is 1. The highest BCUT2D eigenvalue weighted by Crippen LogP contribution is 2.34. The Labute approximate surface area is 141 Å². The van der Waals surface area contributed by atoms with Crippen LogP contribution in [0.15, 0.2) is 0 Å².